The molecule has 0 aliphatic carbocycles. The summed E-state index contributed by atoms with van der Waals surface area (Å²) >= 11 is 7.30. The molecule has 0 radical (unpaired) electrons. The van der Waals surface area contributed by atoms with E-state index in [0.717, 1.165) is 9.21 Å². The molecule has 1 rings (SSSR count). The second-order valence-electron chi connectivity index (χ2n) is 3.02. The first-order valence-electron chi connectivity index (χ1n) is 4.72. The molecule has 1 aromatic rings. The zero-order valence-corrected chi connectivity index (χ0v) is 10.3. The van der Waals surface area contributed by atoms with Crippen molar-refractivity contribution in [3.63, 3.8) is 0 Å². The first-order chi connectivity index (χ1) is 7.17. The maximum Gasteiger partial charge on any atom is 0.219 e. The van der Waals surface area contributed by atoms with Crippen molar-refractivity contribution in [2.75, 3.05) is 13.7 Å². The van der Waals surface area contributed by atoms with Crippen LogP contribution in [0.5, 0.6) is 0 Å². The van der Waals surface area contributed by atoms with Gasteiger partial charge in [0.05, 0.1) is 4.34 Å². The molecule has 84 valence electrons. The number of thiophene rings is 1. The molecule has 1 unspecified atom stereocenters. The predicted molar refractivity (Wildman–Crippen MR) is 62.4 cm³/mol. The molecule has 1 atom stereocenters. The van der Waals surface area contributed by atoms with E-state index < -0.39 is 0 Å². The third-order valence-corrected chi connectivity index (χ3v) is 3.32. The van der Waals surface area contributed by atoms with Crippen molar-refractivity contribution < 1.29 is 9.53 Å². The molecule has 1 heterocycles. The maximum absolute atomic E-state index is 11.1. The van der Waals surface area contributed by atoms with E-state index in [0.29, 0.717) is 13.0 Å². The first-order valence-corrected chi connectivity index (χ1v) is 5.91. The van der Waals surface area contributed by atoms with Crippen LogP contribution in [0.3, 0.4) is 0 Å². The Labute approximate surface area is 98.4 Å². The van der Waals surface area contributed by atoms with E-state index in [-0.39, 0.29) is 12.0 Å². The van der Waals surface area contributed by atoms with Gasteiger partial charge in [-0.05, 0) is 12.1 Å². The topological polar surface area (TPSA) is 38.3 Å². The van der Waals surface area contributed by atoms with Crippen LogP contribution in [-0.2, 0) is 9.53 Å². The largest absolute Gasteiger partial charge is 0.374 e. The fraction of sp³-hybridized carbons (Fsp3) is 0.500. The number of hydrogen-bond donors (Lipinski definition) is 1. The Morgan fingerprint density at radius 1 is 1.67 bits per heavy atom. The van der Waals surface area contributed by atoms with Crippen LogP contribution in [0.2, 0.25) is 4.34 Å². The van der Waals surface area contributed by atoms with Gasteiger partial charge in [0, 0.05) is 25.0 Å². The molecule has 0 aromatic carbocycles. The third-order valence-electron chi connectivity index (χ3n) is 2.00. The number of nitrogens with one attached hydrogen (secondary N) is 1. The lowest BCUT2D eigenvalue weighted by Crippen LogP contribution is -2.27. The normalized spacial score (nSPS) is 12.5. The highest BCUT2D eigenvalue weighted by Crippen LogP contribution is 2.28. The maximum atomic E-state index is 11.1. The number of ether oxygens (including phenoxy) is 1. The van der Waals surface area contributed by atoms with E-state index in [1.807, 2.05) is 19.1 Å². The monoisotopic (exact) mass is 247 g/mol. The standard InChI is InChI=1S/C10H14ClNO2S/c1-3-10(13)12-6-7(14-2)8-4-5-9(11)15-8/h4-5,7H,3,6H2,1-2H3,(H,12,13). The number of hydrogen-bond acceptors (Lipinski definition) is 3. The number of halogens is 1. The van der Waals surface area contributed by atoms with Crippen molar-refractivity contribution in [3.05, 3.63) is 21.3 Å². The highest BCUT2D eigenvalue weighted by molar-refractivity contribution is 7.16. The van der Waals surface area contributed by atoms with Gasteiger partial charge >= 0.3 is 0 Å². The summed E-state index contributed by atoms with van der Waals surface area (Å²) in [7, 11) is 1.62. The van der Waals surface area contributed by atoms with Crippen molar-refractivity contribution in [3.8, 4) is 0 Å². The summed E-state index contributed by atoms with van der Waals surface area (Å²) in [4.78, 5) is 12.1. The molecule has 1 amide bonds. The molecule has 5 heteroatoms. The molecule has 3 nitrogen and oxygen atoms in total. The van der Waals surface area contributed by atoms with Crippen molar-refractivity contribution in [1.29, 1.82) is 0 Å². The van der Waals surface area contributed by atoms with Gasteiger partial charge in [-0.15, -0.1) is 11.3 Å². The minimum absolute atomic E-state index is 0.0275. The second-order valence-corrected chi connectivity index (χ2v) is 4.77. The Morgan fingerprint density at radius 3 is 2.87 bits per heavy atom. The summed E-state index contributed by atoms with van der Waals surface area (Å²) in [5.41, 5.74) is 0. The minimum Gasteiger partial charge on any atom is -0.374 e. The fourth-order valence-corrected chi connectivity index (χ4v) is 2.27. The molecule has 1 N–H and O–H groups in total. The average molecular weight is 248 g/mol. The lowest BCUT2D eigenvalue weighted by atomic mass is 10.3. The second kappa shape index (κ2) is 6.10. The number of rotatable bonds is 5. The first kappa shape index (κ1) is 12.5. The summed E-state index contributed by atoms with van der Waals surface area (Å²) in [5.74, 6) is 0.0275. The molecule has 0 aliphatic heterocycles. The van der Waals surface area contributed by atoms with E-state index in [1.54, 1.807) is 7.11 Å². The minimum atomic E-state index is -0.113. The number of carbonyl (C=O) groups is 1. The van der Waals surface area contributed by atoms with Crippen LogP contribution in [0, 0.1) is 0 Å². The fourth-order valence-electron chi connectivity index (χ4n) is 1.13. The summed E-state index contributed by atoms with van der Waals surface area (Å²) in [6.07, 6.45) is 0.375. The van der Waals surface area contributed by atoms with E-state index in [1.165, 1.54) is 11.3 Å². The Bertz CT molecular complexity index is 327. The number of carbonyl (C=O) groups excluding carboxylic acids is 1. The van der Waals surface area contributed by atoms with Crippen LogP contribution in [-0.4, -0.2) is 19.6 Å². The van der Waals surface area contributed by atoms with Gasteiger partial charge in [0.25, 0.3) is 0 Å². The molecular weight excluding hydrogens is 234 g/mol. The number of methoxy groups -OCH3 is 1. The van der Waals surface area contributed by atoms with Gasteiger partial charge in [0.1, 0.15) is 6.10 Å². The zero-order valence-electron chi connectivity index (χ0n) is 8.75. The summed E-state index contributed by atoms with van der Waals surface area (Å²) in [5, 5.41) is 2.79. The van der Waals surface area contributed by atoms with Gasteiger partial charge in [-0.25, -0.2) is 0 Å². The van der Waals surface area contributed by atoms with E-state index in [4.69, 9.17) is 16.3 Å². The van der Waals surface area contributed by atoms with Gasteiger partial charge < -0.3 is 10.1 Å². The Morgan fingerprint density at radius 2 is 2.40 bits per heavy atom. The van der Waals surface area contributed by atoms with Crippen molar-refractivity contribution in [2.45, 2.75) is 19.4 Å². The molecule has 0 bridgehead atoms. The van der Waals surface area contributed by atoms with Crippen LogP contribution in [0.15, 0.2) is 12.1 Å². The predicted octanol–water partition coefficient (Wildman–Crippen LogP) is 2.62. The summed E-state index contributed by atoms with van der Waals surface area (Å²) < 4.78 is 6.01. The van der Waals surface area contributed by atoms with Gasteiger partial charge in [0.2, 0.25) is 5.91 Å². The van der Waals surface area contributed by atoms with Crippen LogP contribution in [0.1, 0.15) is 24.3 Å². The zero-order chi connectivity index (χ0) is 11.3. The highest BCUT2D eigenvalue weighted by atomic mass is 35.5. The van der Waals surface area contributed by atoms with Gasteiger partial charge in [-0.2, -0.15) is 0 Å². The van der Waals surface area contributed by atoms with Gasteiger partial charge in [0.15, 0.2) is 0 Å². The molecule has 0 saturated carbocycles. The van der Waals surface area contributed by atoms with E-state index in [2.05, 4.69) is 5.32 Å². The van der Waals surface area contributed by atoms with Crippen LogP contribution >= 0.6 is 22.9 Å². The molecule has 0 spiro atoms. The summed E-state index contributed by atoms with van der Waals surface area (Å²) in [6.45, 7) is 2.30. The van der Waals surface area contributed by atoms with E-state index >= 15 is 0 Å². The molecule has 0 fully saturated rings. The smallest absolute Gasteiger partial charge is 0.219 e. The van der Waals surface area contributed by atoms with Crippen LogP contribution in [0.4, 0.5) is 0 Å². The Hall–Kier alpha value is -0.580. The third kappa shape index (κ3) is 3.81. The van der Waals surface area contributed by atoms with Crippen molar-refractivity contribution in [2.24, 2.45) is 0 Å². The molecule has 0 saturated heterocycles. The Balaban J connectivity index is 2.53. The van der Waals surface area contributed by atoms with Crippen molar-refractivity contribution in [1.82, 2.24) is 5.32 Å². The molecule has 15 heavy (non-hydrogen) atoms. The molecule has 1 aromatic heterocycles. The summed E-state index contributed by atoms with van der Waals surface area (Å²) in [6, 6.07) is 3.74. The highest BCUT2D eigenvalue weighted by Gasteiger charge is 2.13. The molecular formula is C10H14ClNO2S. The Kier molecular flexibility index (Phi) is 5.08. The lowest BCUT2D eigenvalue weighted by molar-refractivity contribution is -0.121. The lowest BCUT2D eigenvalue weighted by Gasteiger charge is -2.13. The van der Waals surface area contributed by atoms with E-state index in [9.17, 15) is 4.79 Å². The van der Waals surface area contributed by atoms with Gasteiger partial charge in [-0.1, -0.05) is 18.5 Å². The SMILES string of the molecule is CCC(=O)NCC(OC)c1ccc(Cl)s1. The molecule has 0 aliphatic rings. The van der Waals surface area contributed by atoms with Crippen LogP contribution in [0.25, 0.3) is 0 Å². The average Bonchev–Trinajstić information content (AvgIpc) is 2.65. The van der Waals surface area contributed by atoms with Crippen molar-refractivity contribution >= 4 is 28.8 Å². The quantitative estimate of drug-likeness (QED) is 0.869. The van der Waals surface area contributed by atoms with Crippen LogP contribution < -0.4 is 5.32 Å². The van der Waals surface area contributed by atoms with Gasteiger partial charge in [-0.3, -0.25) is 4.79 Å². The number of amides is 1.